The van der Waals surface area contributed by atoms with Gasteiger partial charge in [-0.2, -0.15) is 0 Å². The van der Waals surface area contributed by atoms with Gasteiger partial charge in [0.05, 0.1) is 5.52 Å². The van der Waals surface area contributed by atoms with E-state index in [0.717, 1.165) is 43.9 Å². The fraction of sp³-hybridized carbons (Fsp3) is 0.476. The second-order valence-electron chi connectivity index (χ2n) is 8.10. The molecule has 0 radical (unpaired) electrons. The zero-order valence-corrected chi connectivity index (χ0v) is 15.5. The van der Waals surface area contributed by atoms with Crippen LogP contribution in [-0.4, -0.2) is 36.1 Å². The van der Waals surface area contributed by atoms with Crippen LogP contribution in [0.15, 0.2) is 42.6 Å². The largest absolute Gasteiger partial charge is 0.372 e. The number of benzene rings is 1. The molecule has 2 heterocycles. The van der Waals surface area contributed by atoms with Crippen LogP contribution < -0.4 is 4.90 Å². The first-order valence-electron chi connectivity index (χ1n) is 8.87. The second kappa shape index (κ2) is 6.46. The van der Waals surface area contributed by atoms with Crippen molar-refractivity contribution in [2.75, 3.05) is 31.1 Å². The van der Waals surface area contributed by atoms with E-state index >= 15 is 0 Å². The Balaban J connectivity index is 1.71. The van der Waals surface area contributed by atoms with E-state index in [0.29, 0.717) is 5.41 Å². The maximum atomic E-state index is 4.91. The maximum Gasteiger partial charge on any atom is 0.132 e. The lowest BCUT2D eigenvalue weighted by Gasteiger charge is -2.39. The molecular weight excluding hydrogens is 294 g/mol. The summed E-state index contributed by atoms with van der Waals surface area (Å²) in [6.45, 7) is 17.4. The van der Waals surface area contributed by atoms with Crippen molar-refractivity contribution < 1.29 is 0 Å². The first-order valence-corrected chi connectivity index (χ1v) is 8.87. The molecule has 3 nitrogen and oxygen atoms in total. The van der Waals surface area contributed by atoms with E-state index in [1.807, 2.05) is 0 Å². The quantitative estimate of drug-likeness (QED) is 0.822. The van der Waals surface area contributed by atoms with Gasteiger partial charge in [0.15, 0.2) is 0 Å². The molecule has 1 aromatic carbocycles. The van der Waals surface area contributed by atoms with Crippen molar-refractivity contribution in [3.63, 3.8) is 0 Å². The lowest BCUT2D eigenvalue weighted by Crippen LogP contribution is -2.46. The summed E-state index contributed by atoms with van der Waals surface area (Å²) in [7, 11) is 0. The summed E-state index contributed by atoms with van der Waals surface area (Å²) in [5.41, 5.74) is 3.91. The van der Waals surface area contributed by atoms with Gasteiger partial charge in [0.2, 0.25) is 0 Å². The van der Waals surface area contributed by atoms with Crippen LogP contribution in [0.25, 0.3) is 10.9 Å². The summed E-state index contributed by atoms with van der Waals surface area (Å²) in [5.74, 6) is 1.13. The molecule has 0 unspecified atom stereocenters. The van der Waals surface area contributed by atoms with Crippen molar-refractivity contribution in [2.24, 2.45) is 5.41 Å². The van der Waals surface area contributed by atoms with E-state index in [1.165, 1.54) is 16.6 Å². The standard InChI is InChI=1S/C21H29N3/c1-16-14-18-8-6-7-9-19(18)22-20(16)24-12-10-23(11-13-24)17(2)15-21(3,4)5/h6-9,14H,2,10-13,15H2,1,3-5H3. The molecule has 1 saturated heterocycles. The van der Waals surface area contributed by atoms with Gasteiger partial charge in [-0.15, -0.1) is 0 Å². The summed E-state index contributed by atoms with van der Waals surface area (Å²) in [5, 5.41) is 1.22. The Bertz CT molecular complexity index is 734. The Hall–Kier alpha value is -2.03. The van der Waals surface area contributed by atoms with E-state index < -0.39 is 0 Å². The number of fused-ring (bicyclic) bond motifs is 1. The predicted octanol–water partition coefficient (Wildman–Crippen LogP) is 4.62. The van der Waals surface area contributed by atoms with Gasteiger partial charge in [-0.05, 0) is 36.5 Å². The van der Waals surface area contributed by atoms with Gasteiger partial charge in [0.1, 0.15) is 5.82 Å². The molecule has 0 bridgehead atoms. The number of rotatable bonds is 3. The number of anilines is 1. The molecule has 0 N–H and O–H groups in total. The molecule has 0 amide bonds. The highest BCUT2D eigenvalue weighted by atomic mass is 15.3. The van der Waals surface area contributed by atoms with Gasteiger partial charge in [0, 0.05) is 37.3 Å². The highest BCUT2D eigenvalue weighted by Crippen LogP contribution is 2.28. The molecule has 1 aliphatic heterocycles. The highest BCUT2D eigenvalue weighted by molar-refractivity contribution is 5.81. The molecule has 0 aliphatic carbocycles. The zero-order valence-electron chi connectivity index (χ0n) is 15.5. The Kier molecular flexibility index (Phi) is 4.53. The van der Waals surface area contributed by atoms with Crippen LogP contribution in [0.3, 0.4) is 0 Å². The first-order chi connectivity index (χ1) is 11.3. The molecular formula is C21H29N3. The molecule has 0 spiro atoms. The smallest absolute Gasteiger partial charge is 0.132 e. The number of para-hydroxylation sites is 1. The molecule has 2 aromatic rings. The fourth-order valence-electron chi connectivity index (χ4n) is 3.49. The summed E-state index contributed by atoms with van der Waals surface area (Å²) >= 11 is 0. The van der Waals surface area contributed by atoms with Crippen molar-refractivity contribution in [1.29, 1.82) is 0 Å². The van der Waals surface area contributed by atoms with Crippen molar-refractivity contribution >= 4 is 16.7 Å². The zero-order chi connectivity index (χ0) is 17.3. The maximum absolute atomic E-state index is 4.91. The van der Waals surface area contributed by atoms with E-state index in [2.05, 4.69) is 74.4 Å². The number of aromatic nitrogens is 1. The average molecular weight is 323 g/mol. The molecule has 24 heavy (non-hydrogen) atoms. The van der Waals surface area contributed by atoms with Crippen molar-refractivity contribution in [1.82, 2.24) is 9.88 Å². The number of pyridine rings is 1. The first kappa shape index (κ1) is 16.8. The van der Waals surface area contributed by atoms with Gasteiger partial charge < -0.3 is 9.80 Å². The third-order valence-electron chi connectivity index (χ3n) is 4.65. The van der Waals surface area contributed by atoms with E-state index in [9.17, 15) is 0 Å². The van der Waals surface area contributed by atoms with Crippen LogP contribution in [0.1, 0.15) is 32.8 Å². The highest BCUT2D eigenvalue weighted by Gasteiger charge is 2.22. The number of piperazine rings is 1. The normalized spacial score (nSPS) is 15.8. The van der Waals surface area contributed by atoms with Crippen LogP contribution >= 0.6 is 0 Å². The predicted molar refractivity (Wildman–Crippen MR) is 103 cm³/mol. The minimum absolute atomic E-state index is 0.296. The van der Waals surface area contributed by atoms with E-state index in [4.69, 9.17) is 4.98 Å². The van der Waals surface area contributed by atoms with Crippen LogP contribution in [0.4, 0.5) is 5.82 Å². The lowest BCUT2D eigenvalue weighted by molar-refractivity contribution is 0.276. The summed E-state index contributed by atoms with van der Waals surface area (Å²) in [6, 6.07) is 10.6. The van der Waals surface area contributed by atoms with Gasteiger partial charge in [-0.3, -0.25) is 0 Å². The fourth-order valence-corrected chi connectivity index (χ4v) is 3.49. The van der Waals surface area contributed by atoms with Crippen LogP contribution in [0, 0.1) is 12.3 Å². The van der Waals surface area contributed by atoms with Crippen LogP contribution in [0.5, 0.6) is 0 Å². The minimum Gasteiger partial charge on any atom is -0.372 e. The summed E-state index contributed by atoms with van der Waals surface area (Å²) < 4.78 is 0. The van der Waals surface area contributed by atoms with Gasteiger partial charge in [-0.1, -0.05) is 45.5 Å². The van der Waals surface area contributed by atoms with Crippen LogP contribution in [0.2, 0.25) is 0 Å². The lowest BCUT2D eigenvalue weighted by atomic mass is 9.90. The Morgan fingerprint density at radius 1 is 1.12 bits per heavy atom. The van der Waals surface area contributed by atoms with E-state index in [1.54, 1.807) is 0 Å². The number of aryl methyl sites for hydroxylation is 1. The summed E-state index contributed by atoms with van der Waals surface area (Å²) in [4.78, 5) is 9.77. The topological polar surface area (TPSA) is 19.4 Å². The molecule has 1 aliphatic rings. The Labute approximate surface area is 146 Å². The minimum atomic E-state index is 0.296. The molecule has 3 rings (SSSR count). The third kappa shape index (κ3) is 3.72. The number of hydrogen-bond acceptors (Lipinski definition) is 3. The number of nitrogens with zero attached hydrogens (tertiary/aromatic N) is 3. The molecule has 0 saturated carbocycles. The molecule has 1 fully saturated rings. The number of hydrogen-bond donors (Lipinski definition) is 0. The van der Waals surface area contributed by atoms with Gasteiger partial charge in [-0.25, -0.2) is 4.98 Å². The van der Waals surface area contributed by atoms with Gasteiger partial charge >= 0.3 is 0 Å². The van der Waals surface area contributed by atoms with Crippen molar-refractivity contribution in [3.8, 4) is 0 Å². The molecule has 128 valence electrons. The second-order valence-corrected chi connectivity index (χ2v) is 8.10. The summed E-state index contributed by atoms with van der Waals surface area (Å²) in [6.07, 6.45) is 1.06. The van der Waals surface area contributed by atoms with Crippen LogP contribution in [-0.2, 0) is 0 Å². The van der Waals surface area contributed by atoms with Crippen molar-refractivity contribution in [2.45, 2.75) is 34.1 Å². The van der Waals surface area contributed by atoms with Gasteiger partial charge in [0.25, 0.3) is 0 Å². The third-order valence-corrected chi connectivity index (χ3v) is 4.65. The SMILES string of the molecule is C=C(CC(C)(C)C)N1CCN(c2nc3ccccc3cc2C)CC1. The monoisotopic (exact) mass is 323 g/mol. The molecule has 0 atom stereocenters. The molecule has 3 heteroatoms. The van der Waals surface area contributed by atoms with Crippen molar-refractivity contribution in [3.05, 3.63) is 48.2 Å². The Morgan fingerprint density at radius 2 is 1.79 bits per heavy atom. The molecule has 1 aromatic heterocycles. The Morgan fingerprint density at radius 3 is 2.46 bits per heavy atom. The van der Waals surface area contributed by atoms with E-state index in [-0.39, 0.29) is 0 Å². The number of allylic oxidation sites excluding steroid dienone is 1. The average Bonchev–Trinajstić information content (AvgIpc) is 2.53.